The van der Waals surface area contributed by atoms with Gasteiger partial charge in [0.15, 0.2) is 11.3 Å². The highest BCUT2D eigenvalue weighted by molar-refractivity contribution is 6.30. The minimum absolute atomic E-state index is 0.0775. The van der Waals surface area contributed by atoms with Crippen LogP contribution in [0.1, 0.15) is 22.5 Å². The summed E-state index contributed by atoms with van der Waals surface area (Å²) in [4.78, 5) is 4.37. The number of nitrogens with one attached hydrogen (secondary N) is 1. The number of rotatable bonds is 3. The third-order valence-electron chi connectivity index (χ3n) is 4.61. The van der Waals surface area contributed by atoms with Crippen molar-refractivity contribution in [3.63, 3.8) is 0 Å². The predicted octanol–water partition coefficient (Wildman–Crippen LogP) is 6.74. The molecule has 0 saturated heterocycles. The molecule has 30 heavy (non-hydrogen) atoms. The van der Waals surface area contributed by atoms with Gasteiger partial charge in [0.05, 0.1) is 5.56 Å². The number of anilines is 2. The normalized spacial score (nSPS) is 11.8. The van der Waals surface area contributed by atoms with Crippen molar-refractivity contribution in [3.8, 4) is 11.1 Å². The molecule has 0 aliphatic carbocycles. The smallest absolute Gasteiger partial charge is 0.340 e. The van der Waals surface area contributed by atoms with Crippen LogP contribution < -0.4 is 5.32 Å². The summed E-state index contributed by atoms with van der Waals surface area (Å²) in [5, 5.41) is 7.53. The predicted molar refractivity (Wildman–Crippen MR) is 112 cm³/mol. The molecule has 154 valence electrons. The largest absolute Gasteiger partial charge is 0.435 e. The molecular formula is C22H18ClF3N4. The molecule has 0 aliphatic rings. The van der Waals surface area contributed by atoms with Crippen LogP contribution in [0.5, 0.6) is 0 Å². The van der Waals surface area contributed by atoms with E-state index < -0.39 is 11.9 Å². The van der Waals surface area contributed by atoms with Crippen molar-refractivity contribution in [2.75, 3.05) is 5.32 Å². The highest BCUT2D eigenvalue weighted by Gasteiger charge is 2.39. The molecule has 4 nitrogen and oxygen atoms in total. The Hall–Kier alpha value is -3.06. The quantitative estimate of drug-likeness (QED) is 0.391. The number of fused-ring (bicyclic) bond motifs is 1. The molecule has 2 heterocycles. The summed E-state index contributed by atoms with van der Waals surface area (Å²) in [5.74, 6) is 0.396. The number of alkyl halides is 3. The van der Waals surface area contributed by atoms with E-state index in [0.29, 0.717) is 22.1 Å². The van der Waals surface area contributed by atoms with Gasteiger partial charge in [-0.1, -0.05) is 29.8 Å². The lowest BCUT2D eigenvalue weighted by atomic mass is 10.1. The summed E-state index contributed by atoms with van der Waals surface area (Å²) in [5.41, 5.74) is 2.80. The fourth-order valence-electron chi connectivity index (χ4n) is 3.50. The standard InChI is InChI=1S/C22H18ClF3N4/c1-12-8-13(2)10-17(9-12)28-18-11-14(3)27-21-19(15-4-6-16(23)7-5-15)20(22(24,25)26)29-30(18)21/h4-11,28H,1-3H3. The van der Waals surface area contributed by atoms with Gasteiger partial charge >= 0.3 is 6.18 Å². The number of aryl methyl sites for hydroxylation is 3. The van der Waals surface area contributed by atoms with Crippen LogP contribution in [0.3, 0.4) is 0 Å². The molecule has 1 N–H and O–H groups in total. The first-order chi connectivity index (χ1) is 14.1. The van der Waals surface area contributed by atoms with Crippen LogP contribution in [0.25, 0.3) is 16.8 Å². The zero-order valence-electron chi connectivity index (χ0n) is 16.5. The first-order valence-electron chi connectivity index (χ1n) is 9.20. The molecule has 0 radical (unpaired) electrons. The number of hydrogen-bond donors (Lipinski definition) is 1. The Morgan fingerprint density at radius 1 is 0.933 bits per heavy atom. The lowest BCUT2D eigenvalue weighted by Crippen LogP contribution is -2.08. The summed E-state index contributed by atoms with van der Waals surface area (Å²) in [6.07, 6.45) is -4.65. The van der Waals surface area contributed by atoms with Crippen LogP contribution in [0.2, 0.25) is 5.02 Å². The average molecular weight is 431 g/mol. The Morgan fingerprint density at radius 3 is 2.17 bits per heavy atom. The van der Waals surface area contributed by atoms with Gasteiger partial charge in [-0.05, 0) is 61.7 Å². The molecule has 4 rings (SSSR count). The number of aromatic nitrogens is 3. The Morgan fingerprint density at radius 2 is 1.57 bits per heavy atom. The van der Waals surface area contributed by atoms with Gasteiger partial charge in [-0.25, -0.2) is 4.98 Å². The molecule has 8 heteroatoms. The summed E-state index contributed by atoms with van der Waals surface area (Å²) >= 11 is 5.92. The van der Waals surface area contributed by atoms with E-state index in [1.165, 1.54) is 16.6 Å². The van der Waals surface area contributed by atoms with Gasteiger partial charge < -0.3 is 5.32 Å². The molecule has 2 aromatic carbocycles. The zero-order chi connectivity index (χ0) is 21.6. The van der Waals surface area contributed by atoms with E-state index in [4.69, 9.17) is 11.6 Å². The van der Waals surface area contributed by atoms with Gasteiger partial charge in [0.1, 0.15) is 5.82 Å². The van der Waals surface area contributed by atoms with E-state index in [-0.39, 0.29) is 11.2 Å². The van der Waals surface area contributed by atoms with Crippen LogP contribution in [0, 0.1) is 20.8 Å². The molecular weight excluding hydrogens is 413 g/mol. The summed E-state index contributed by atoms with van der Waals surface area (Å²) < 4.78 is 42.8. The molecule has 2 aromatic heterocycles. The van der Waals surface area contributed by atoms with E-state index in [2.05, 4.69) is 15.4 Å². The summed E-state index contributed by atoms with van der Waals surface area (Å²) in [7, 11) is 0. The van der Waals surface area contributed by atoms with Crippen molar-refractivity contribution in [1.82, 2.24) is 14.6 Å². The number of hydrogen-bond acceptors (Lipinski definition) is 3. The maximum atomic E-state index is 13.9. The minimum atomic E-state index is -4.65. The molecule has 0 bridgehead atoms. The van der Waals surface area contributed by atoms with Gasteiger partial charge in [-0.3, -0.25) is 0 Å². The molecule has 0 aliphatic heterocycles. The highest BCUT2D eigenvalue weighted by Crippen LogP contribution is 2.39. The van der Waals surface area contributed by atoms with Crippen LogP contribution >= 0.6 is 11.6 Å². The molecule has 4 aromatic rings. The maximum Gasteiger partial charge on any atom is 0.435 e. The lowest BCUT2D eigenvalue weighted by molar-refractivity contribution is -0.140. The molecule has 0 amide bonds. The zero-order valence-corrected chi connectivity index (χ0v) is 17.2. The Balaban J connectivity index is 1.96. The van der Waals surface area contributed by atoms with Crippen molar-refractivity contribution in [2.24, 2.45) is 0 Å². The summed E-state index contributed by atoms with van der Waals surface area (Å²) in [6.45, 7) is 5.65. The van der Waals surface area contributed by atoms with Crippen molar-refractivity contribution in [2.45, 2.75) is 26.9 Å². The van der Waals surface area contributed by atoms with E-state index in [9.17, 15) is 13.2 Å². The molecule has 0 atom stereocenters. The van der Waals surface area contributed by atoms with Gasteiger partial charge in [0, 0.05) is 22.5 Å². The van der Waals surface area contributed by atoms with Gasteiger partial charge in [-0.15, -0.1) is 0 Å². The Kier molecular flexibility index (Phi) is 4.94. The second-order valence-electron chi connectivity index (χ2n) is 7.25. The molecule has 0 saturated carbocycles. The van der Waals surface area contributed by atoms with Crippen molar-refractivity contribution in [1.29, 1.82) is 0 Å². The van der Waals surface area contributed by atoms with Gasteiger partial charge in [-0.2, -0.15) is 22.8 Å². The third kappa shape index (κ3) is 3.85. The third-order valence-corrected chi connectivity index (χ3v) is 4.86. The summed E-state index contributed by atoms with van der Waals surface area (Å²) in [6, 6.07) is 13.7. The van der Waals surface area contributed by atoms with E-state index in [1.54, 1.807) is 25.1 Å². The fourth-order valence-corrected chi connectivity index (χ4v) is 3.63. The van der Waals surface area contributed by atoms with E-state index in [0.717, 1.165) is 16.8 Å². The first kappa shape index (κ1) is 20.2. The number of halogens is 4. The monoisotopic (exact) mass is 430 g/mol. The first-order valence-corrected chi connectivity index (χ1v) is 9.58. The lowest BCUT2D eigenvalue weighted by Gasteiger charge is -2.11. The molecule has 0 fully saturated rings. The maximum absolute atomic E-state index is 13.9. The van der Waals surface area contributed by atoms with E-state index >= 15 is 0 Å². The fraction of sp³-hybridized carbons (Fsp3) is 0.182. The second-order valence-corrected chi connectivity index (χ2v) is 7.68. The topological polar surface area (TPSA) is 42.2 Å². The molecule has 0 unspecified atom stereocenters. The van der Waals surface area contributed by atoms with Crippen molar-refractivity contribution in [3.05, 3.63) is 76.1 Å². The SMILES string of the molecule is Cc1cc(C)cc(Nc2cc(C)nc3c(-c4ccc(Cl)cc4)c(C(F)(F)F)nn23)c1. The van der Waals surface area contributed by atoms with Crippen LogP contribution in [-0.2, 0) is 6.18 Å². The van der Waals surface area contributed by atoms with Crippen LogP contribution in [-0.4, -0.2) is 14.6 Å². The average Bonchev–Trinajstić information content (AvgIpc) is 3.01. The highest BCUT2D eigenvalue weighted by atomic mass is 35.5. The van der Waals surface area contributed by atoms with Crippen molar-refractivity contribution < 1.29 is 13.2 Å². The Bertz CT molecular complexity index is 1220. The second kappa shape index (κ2) is 7.32. The van der Waals surface area contributed by atoms with Crippen LogP contribution in [0.15, 0.2) is 48.5 Å². The Labute approximate surface area is 176 Å². The van der Waals surface area contributed by atoms with E-state index in [1.807, 2.05) is 32.0 Å². The molecule has 0 spiro atoms. The van der Waals surface area contributed by atoms with Gasteiger partial charge in [0.25, 0.3) is 0 Å². The van der Waals surface area contributed by atoms with Crippen LogP contribution in [0.4, 0.5) is 24.7 Å². The minimum Gasteiger partial charge on any atom is -0.340 e. The van der Waals surface area contributed by atoms with Gasteiger partial charge in [0.2, 0.25) is 0 Å². The number of nitrogens with zero attached hydrogens (tertiary/aromatic N) is 3. The van der Waals surface area contributed by atoms with Crippen molar-refractivity contribution >= 4 is 28.8 Å². The number of benzene rings is 2.